The number of benzene rings is 1. The third-order valence-electron chi connectivity index (χ3n) is 4.29. The van der Waals surface area contributed by atoms with E-state index >= 15 is 0 Å². The largest absolute Gasteiger partial charge is 0.490 e. The second-order valence-electron chi connectivity index (χ2n) is 6.73. The number of rotatable bonds is 5. The number of hydrogen-bond donors (Lipinski definition) is 1. The van der Waals surface area contributed by atoms with Gasteiger partial charge >= 0.3 is 24.5 Å². The van der Waals surface area contributed by atoms with E-state index in [1.807, 2.05) is 4.90 Å². The molecule has 0 radical (unpaired) electrons. The lowest BCUT2D eigenvalue weighted by molar-refractivity contribution is -0.192. The quantitative estimate of drug-likeness (QED) is 0.622. The summed E-state index contributed by atoms with van der Waals surface area (Å²) in [5, 5.41) is 15.9. The van der Waals surface area contributed by atoms with Crippen molar-refractivity contribution in [1.82, 2.24) is 4.90 Å². The molecular weight excluding hydrogens is 461 g/mol. The number of alkyl halides is 9. The first-order valence-electron chi connectivity index (χ1n) is 9.00. The minimum atomic E-state index is -5.08. The van der Waals surface area contributed by atoms with E-state index in [1.54, 1.807) is 0 Å². The summed E-state index contributed by atoms with van der Waals surface area (Å²) in [6.07, 6.45) is -12.5. The van der Waals surface area contributed by atoms with Gasteiger partial charge in [0.15, 0.2) is 0 Å². The van der Waals surface area contributed by atoms with Gasteiger partial charge in [-0.3, -0.25) is 0 Å². The molecule has 0 aliphatic carbocycles. The minimum absolute atomic E-state index is 0.0390. The van der Waals surface area contributed by atoms with Crippen LogP contribution in [0.3, 0.4) is 0 Å². The van der Waals surface area contributed by atoms with Gasteiger partial charge in [-0.15, -0.1) is 0 Å². The van der Waals surface area contributed by atoms with E-state index in [-0.39, 0.29) is 12.2 Å². The van der Waals surface area contributed by atoms with Crippen molar-refractivity contribution in [1.29, 1.82) is 5.26 Å². The second kappa shape index (κ2) is 10.8. The van der Waals surface area contributed by atoms with E-state index < -0.39 is 42.2 Å². The average Bonchev–Trinajstić information content (AvgIpc) is 3.16. The molecule has 0 amide bonds. The average molecular weight is 479 g/mol. The monoisotopic (exact) mass is 479 g/mol. The van der Waals surface area contributed by atoms with Crippen molar-refractivity contribution in [3.8, 4) is 6.07 Å². The summed E-state index contributed by atoms with van der Waals surface area (Å²) in [7, 11) is 0. The first-order chi connectivity index (χ1) is 14.5. The zero-order valence-electron chi connectivity index (χ0n) is 16.3. The highest BCUT2D eigenvalue weighted by atomic mass is 19.4. The molecule has 32 heavy (non-hydrogen) atoms. The van der Waals surface area contributed by atoms with Crippen molar-refractivity contribution in [2.45, 2.75) is 31.4 Å². The Labute approximate surface area is 176 Å². The van der Waals surface area contributed by atoms with E-state index in [1.165, 1.54) is 6.07 Å². The molecule has 1 fully saturated rings. The van der Waals surface area contributed by atoms with Crippen molar-refractivity contribution in [3.63, 3.8) is 0 Å². The number of nitrogens with zero attached hydrogens (tertiary/aromatic N) is 3. The van der Waals surface area contributed by atoms with Crippen molar-refractivity contribution in [2.75, 3.05) is 37.6 Å². The van der Waals surface area contributed by atoms with E-state index in [0.717, 1.165) is 43.0 Å². The minimum Gasteiger partial charge on any atom is -0.475 e. The molecule has 2 rings (SSSR count). The van der Waals surface area contributed by atoms with Gasteiger partial charge in [-0.05, 0) is 44.1 Å². The van der Waals surface area contributed by atoms with E-state index in [2.05, 4.69) is 0 Å². The van der Waals surface area contributed by atoms with Crippen molar-refractivity contribution < 1.29 is 49.4 Å². The first kappa shape index (κ1) is 27.3. The Morgan fingerprint density at radius 1 is 1.06 bits per heavy atom. The van der Waals surface area contributed by atoms with E-state index in [9.17, 15) is 39.5 Å². The van der Waals surface area contributed by atoms with Crippen molar-refractivity contribution in [2.24, 2.45) is 0 Å². The highest BCUT2D eigenvalue weighted by Gasteiger charge is 2.38. The van der Waals surface area contributed by atoms with Crippen LogP contribution in [0, 0.1) is 11.3 Å². The molecule has 0 spiro atoms. The van der Waals surface area contributed by atoms with Crippen LogP contribution in [0.1, 0.15) is 24.0 Å². The van der Waals surface area contributed by atoms with Crippen LogP contribution in [0.25, 0.3) is 0 Å². The van der Waals surface area contributed by atoms with Crippen LogP contribution >= 0.6 is 0 Å². The Kier molecular flexibility index (Phi) is 9.19. The van der Waals surface area contributed by atoms with Crippen LogP contribution in [0.15, 0.2) is 18.2 Å². The SMILES string of the molecule is N#Cc1ccc(N(CCN2CCCC2)CC(F)(F)F)cc1C(F)(F)F.O=C(O)C(F)(F)F. The fourth-order valence-corrected chi connectivity index (χ4v) is 2.85. The van der Waals surface area contributed by atoms with Gasteiger partial charge in [0.05, 0.1) is 17.2 Å². The lowest BCUT2D eigenvalue weighted by Gasteiger charge is -2.29. The van der Waals surface area contributed by atoms with Gasteiger partial charge in [0, 0.05) is 18.8 Å². The van der Waals surface area contributed by atoms with Crippen molar-refractivity contribution >= 4 is 11.7 Å². The Morgan fingerprint density at radius 2 is 1.59 bits per heavy atom. The van der Waals surface area contributed by atoms with Gasteiger partial charge in [0.2, 0.25) is 0 Å². The zero-order chi connectivity index (χ0) is 24.7. The van der Waals surface area contributed by atoms with Crippen molar-refractivity contribution in [3.05, 3.63) is 29.3 Å². The Bertz CT molecular complexity index is 808. The Morgan fingerprint density at radius 3 is 2.00 bits per heavy atom. The third kappa shape index (κ3) is 9.21. The molecule has 0 saturated carbocycles. The van der Waals surface area contributed by atoms with Gasteiger partial charge in [-0.2, -0.15) is 44.8 Å². The maximum Gasteiger partial charge on any atom is 0.490 e. The predicted octanol–water partition coefficient (Wildman–Crippen LogP) is 4.67. The number of likely N-dealkylation sites (tertiary alicyclic amines) is 1. The van der Waals surface area contributed by atoms with Gasteiger partial charge in [0.25, 0.3) is 0 Å². The predicted molar refractivity (Wildman–Crippen MR) is 93.8 cm³/mol. The fraction of sp³-hybridized carbons (Fsp3) is 0.556. The second-order valence-corrected chi connectivity index (χ2v) is 6.73. The molecule has 14 heteroatoms. The molecule has 0 aromatic heterocycles. The Balaban J connectivity index is 0.000000633. The van der Waals surface area contributed by atoms with Crippen LogP contribution in [0.2, 0.25) is 0 Å². The van der Waals surface area contributed by atoms with E-state index in [0.29, 0.717) is 12.6 Å². The number of nitriles is 1. The zero-order valence-corrected chi connectivity index (χ0v) is 16.3. The maximum absolute atomic E-state index is 13.0. The number of hydrogen-bond acceptors (Lipinski definition) is 4. The normalized spacial score (nSPS) is 15.0. The molecule has 1 aromatic carbocycles. The van der Waals surface area contributed by atoms with E-state index in [4.69, 9.17) is 15.2 Å². The van der Waals surface area contributed by atoms with Gasteiger partial charge in [0.1, 0.15) is 6.54 Å². The van der Waals surface area contributed by atoms with Crippen LogP contribution < -0.4 is 4.90 Å². The van der Waals surface area contributed by atoms with Crippen LogP contribution in [-0.4, -0.2) is 61.1 Å². The molecule has 1 heterocycles. The number of carboxylic acids is 1. The molecule has 1 aromatic rings. The fourth-order valence-electron chi connectivity index (χ4n) is 2.85. The highest BCUT2D eigenvalue weighted by Crippen LogP contribution is 2.35. The lowest BCUT2D eigenvalue weighted by atomic mass is 10.1. The van der Waals surface area contributed by atoms with Gasteiger partial charge in [-0.25, -0.2) is 4.79 Å². The number of carboxylic acid groups (broad SMARTS) is 1. The molecule has 1 aliphatic heterocycles. The summed E-state index contributed by atoms with van der Waals surface area (Å²) in [5.41, 5.74) is -2.02. The molecule has 180 valence electrons. The molecule has 5 nitrogen and oxygen atoms in total. The standard InChI is InChI=1S/C16H17F6N3.C2HF3O2/c17-15(18,19)11-25(8-7-24-5-1-2-6-24)13-4-3-12(10-23)14(9-13)16(20,21)22;3-2(4,5)1(6)7/h3-4,9H,1-2,5-8,11H2;(H,6,7). The van der Waals surface area contributed by atoms with Crippen LogP contribution in [-0.2, 0) is 11.0 Å². The summed E-state index contributed by atoms with van der Waals surface area (Å²) < 4.78 is 109. The summed E-state index contributed by atoms with van der Waals surface area (Å²) in [6, 6.07) is 4.09. The molecular formula is C18H18F9N3O2. The summed E-state index contributed by atoms with van der Waals surface area (Å²) in [6.45, 7) is 0.520. The molecule has 1 saturated heterocycles. The number of aliphatic carboxylic acids is 1. The topological polar surface area (TPSA) is 67.6 Å². The molecule has 1 N–H and O–H groups in total. The third-order valence-corrected chi connectivity index (χ3v) is 4.29. The number of carbonyl (C=O) groups is 1. The van der Waals surface area contributed by atoms with Gasteiger partial charge < -0.3 is 14.9 Å². The maximum atomic E-state index is 13.0. The molecule has 0 atom stereocenters. The summed E-state index contributed by atoms with van der Waals surface area (Å²) >= 11 is 0. The first-order valence-corrected chi connectivity index (χ1v) is 9.00. The van der Waals surface area contributed by atoms with Crippen LogP contribution in [0.4, 0.5) is 45.2 Å². The summed E-state index contributed by atoms with van der Waals surface area (Å²) in [4.78, 5) is 11.8. The molecule has 1 aliphatic rings. The van der Waals surface area contributed by atoms with Gasteiger partial charge in [-0.1, -0.05) is 0 Å². The highest BCUT2D eigenvalue weighted by molar-refractivity contribution is 5.73. The Hall–Kier alpha value is -2.69. The number of halogens is 9. The summed E-state index contributed by atoms with van der Waals surface area (Å²) in [5.74, 6) is -2.76. The molecule has 0 unspecified atom stereocenters. The molecule has 0 bridgehead atoms. The lowest BCUT2D eigenvalue weighted by Crippen LogP contribution is -2.39. The van der Waals surface area contributed by atoms with Crippen LogP contribution in [0.5, 0.6) is 0 Å². The smallest absolute Gasteiger partial charge is 0.475 e. The number of anilines is 1.